The van der Waals surface area contributed by atoms with E-state index in [4.69, 9.17) is 9.72 Å². The van der Waals surface area contributed by atoms with Gasteiger partial charge in [0.1, 0.15) is 0 Å². The Bertz CT molecular complexity index is 370. The molecule has 1 heterocycles. The number of ether oxygens (including phenoxy) is 1. The van der Waals surface area contributed by atoms with Gasteiger partial charge >= 0.3 is 142 Å². The van der Waals surface area contributed by atoms with Gasteiger partial charge in [0.2, 0.25) is 0 Å². The maximum absolute atomic E-state index is 5.20. The van der Waals surface area contributed by atoms with Gasteiger partial charge in [0.15, 0.2) is 0 Å². The van der Waals surface area contributed by atoms with Crippen molar-refractivity contribution in [3.05, 3.63) is 12.5 Å². The zero-order valence-electron chi connectivity index (χ0n) is 15.2. The monoisotopic (exact) mass is 416 g/mol. The average Bonchev–Trinajstić information content (AvgIpc) is 3.02. The van der Waals surface area contributed by atoms with Gasteiger partial charge in [-0.05, 0) is 0 Å². The summed E-state index contributed by atoms with van der Waals surface area (Å²) < 4.78 is 13.5. The Balaban J connectivity index is 2.94. The van der Waals surface area contributed by atoms with Crippen molar-refractivity contribution in [2.24, 2.45) is 0 Å². The molecule has 1 rings (SSSR count). The molecule has 0 amide bonds. The van der Waals surface area contributed by atoms with E-state index in [9.17, 15) is 0 Å². The fourth-order valence-corrected chi connectivity index (χ4v) is 18.6. The summed E-state index contributed by atoms with van der Waals surface area (Å²) in [5, 5.41) is 0. The fourth-order valence-electron chi connectivity index (χ4n) is 3.26. The van der Waals surface area contributed by atoms with E-state index in [0.29, 0.717) is 0 Å². The van der Waals surface area contributed by atoms with Crippen molar-refractivity contribution >= 4 is 22.1 Å². The molecular weight excluding hydrogens is 379 g/mol. The van der Waals surface area contributed by atoms with Crippen LogP contribution in [0.1, 0.15) is 59.3 Å². The van der Waals surface area contributed by atoms with Crippen molar-refractivity contribution < 1.29 is 4.74 Å². The molecule has 0 aliphatic rings. The van der Waals surface area contributed by atoms with Crippen LogP contribution in [0.3, 0.4) is 0 Å². The average molecular weight is 415 g/mol. The van der Waals surface area contributed by atoms with Gasteiger partial charge in [0, 0.05) is 0 Å². The number of hydrogen-bond acceptors (Lipinski definition) is 2. The Morgan fingerprint density at radius 1 is 1.00 bits per heavy atom. The molecule has 22 heavy (non-hydrogen) atoms. The Hall–Kier alpha value is -0.0313. The van der Waals surface area contributed by atoms with Crippen LogP contribution >= 0.6 is 0 Å². The van der Waals surface area contributed by atoms with Crippen LogP contribution in [0.5, 0.6) is 0 Å². The van der Waals surface area contributed by atoms with E-state index in [0.717, 1.165) is 13.2 Å². The Morgan fingerprint density at radius 3 is 2.00 bits per heavy atom. The van der Waals surface area contributed by atoms with Gasteiger partial charge in [-0.25, -0.2) is 0 Å². The first-order valence-electron chi connectivity index (χ1n) is 9.23. The van der Waals surface area contributed by atoms with Crippen LogP contribution in [0.4, 0.5) is 0 Å². The van der Waals surface area contributed by atoms with Gasteiger partial charge in [0.25, 0.3) is 0 Å². The van der Waals surface area contributed by atoms with Gasteiger partial charge in [0.05, 0.1) is 0 Å². The normalized spacial score (nSPS) is 12.0. The zero-order valence-corrected chi connectivity index (χ0v) is 18.1. The first-order chi connectivity index (χ1) is 10.7. The molecule has 0 N–H and O–H groups in total. The predicted molar refractivity (Wildman–Crippen MR) is 98.6 cm³/mol. The molecule has 3 nitrogen and oxygen atoms in total. The van der Waals surface area contributed by atoms with Crippen LogP contribution in [0, 0.1) is 0 Å². The van der Waals surface area contributed by atoms with Crippen LogP contribution in [0.15, 0.2) is 12.5 Å². The molecule has 4 heteroatoms. The molecule has 0 atom stereocenters. The molecule has 1 aromatic heterocycles. The van der Waals surface area contributed by atoms with E-state index < -0.39 is 18.4 Å². The third-order valence-corrected chi connectivity index (χ3v) is 19.8. The number of aromatic nitrogens is 2. The molecule has 0 saturated heterocycles. The van der Waals surface area contributed by atoms with E-state index in [1.165, 1.54) is 55.5 Å². The molecule has 0 aromatic carbocycles. The van der Waals surface area contributed by atoms with Crippen LogP contribution in [0.25, 0.3) is 0 Å². The molecule has 0 saturated carbocycles. The molecule has 0 fully saturated rings. The molecule has 0 spiro atoms. The number of unbranched alkanes of at least 4 members (excludes halogenated alkanes) is 3. The summed E-state index contributed by atoms with van der Waals surface area (Å²) in [6.07, 6.45) is 12.6. The third kappa shape index (κ3) is 6.23. The van der Waals surface area contributed by atoms with E-state index in [2.05, 4.69) is 31.5 Å². The Morgan fingerprint density at radius 2 is 1.55 bits per heavy atom. The topological polar surface area (TPSA) is 27.1 Å². The molecule has 1 aromatic rings. The second-order valence-corrected chi connectivity index (χ2v) is 19.6. The summed E-state index contributed by atoms with van der Waals surface area (Å²) in [7, 11) is 1.77. The Labute approximate surface area is 141 Å². The standard InChI is InChI=1S/C6H9N2O.3C4H9.Sn/c1-9-5-4-8-3-2-7-6-8;3*1-3-4-2;/h3,6H,4-5H2,1H3;3*1,3-4H2,2H3;. The van der Waals surface area contributed by atoms with E-state index in [1.54, 1.807) is 7.11 Å². The van der Waals surface area contributed by atoms with Gasteiger partial charge in [-0.1, -0.05) is 0 Å². The molecule has 0 radical (unpaired) electrons. The summed E-state index contributed by atoms with van der Waals surface area (Å²) in [5.41, 5.74) is 0. The van der Waals surface area contributed by atoms with Crippen LogP contribution < -0.4 is 3.71 Å². The van der Waals surface area contributed by atoms with Crippen LogP contribution in [-0.4, -0.2) is 41.6 Å². The summed E-state index contributed by atoms with van der Waals surface area (Å²) in [4.78, 5) is 4.90. The number of imidazole rings is 1. The number of rotatable bonds is 13. The van der Waals surface area contributed by atoms with Gasteiger partial charge in [-0.3, -0.25) is 0 Å². The fraction of sp³-hybridized carbons (Fsp3) is 0.833. The minimum absolute atomic E-state index is 0.775. The number of methoxy groups -OCH3 is 1. The van der Waals surface area contributed by atoms with Crippen molar-refractivity contribution in [1.82, 2.24) is 9.55 Å². The molecule has 128 valence electrons. The quantitative estimate of drug-likeness (QED) is 0.441. The third-order valence-electron chi connectivity index (χ3n) is 4.76. The van der Waals surface area contributed by atoms with Gasteiger partial charge in [-0.15, -0.1) is 0 Å². The van der Waals surface area contributed by atoms with Crippen LogP contribution in [0.2, 0.25) is 13.3 Å². The first kappa shape index (κ1) is 20.0. The van der Waals surface area contributed by atoms with E-state index in [1.807, 2.05) is 6.33 Å². The second-order valence-electron chi connectivity index (χ2n) is 6.58. The number of hydrogen-bond donors (Lipinski definition) is 0. The summed E-state index contributed by atoms with van der Waals surface area (Å²) in [5.74, 6) is 0. The second kappa shape index (κ2) is 11.5. The van der Waals surface area contributed by atoms with E-state index >= 15 is 0 Å². The zero-order chi connectivity index (χ0) is 16.3. The van der Waals surface area contributed by atoms with Crippen molar-refractivity contribution in [3.8, 4) is 0 Å². The summed E-state index contributed by atoms with van der Waals surface area (Å²) in [6, 6.07) is 0. The molecule has 0 aliphatic carbocycles. The minimum atomic E-state index is -2.31. The number of nitrogens with zero attached hydrogens (tertiary/aromatic N) is 2. The summed E-state index contributed by atoms with van der Waals surface area (Å²) in [6.45, 7) is 8.69. The van der Waals surface area contributed by atoms with Gasteiger partial charge < -0.3 is 0 Å². The molecule has 0 aliphatic heterocycles. The van der Waals surface area contributed by atoms with Crippen LogP contribution in [-0.2, 0) is 11.3 Å². The van der Waals surface area contributed by atoms with E-state index in [-0.39, 0.29) is 0 Å². The van der Waals surface area contributed by atoms with Gasteiger partial charge in [-0.2, -0.15) is 0 Å². The van der Waals surface area contributed by atoms with Crippen molar-refractivity contribution in [2.45, 2.75) is 79.2 Å². The van der Waals surface area contributed by atoms with Crippen molar-refractivity contribution in [3.63, 3.8) is 0 Å². The molecule has 0 unspecified atom stereocenters. The molecule has 0 bridgehead atoms. The summed E-state index contributed by atoms with van der Waals surface area (Å²) >= 11 is -2.31. The maximum atomic E-state index is 5.20. The van der Waals surface area contributed by atoms with Crippen molar-refractivity contribution in [2.75, 3.05) is 13.7 Å². The van der Waals surface area contributed by atoms with Crippen molar-refractivity contribution in [1.29, 1.82) is 0 Å². The first-order valence-corrected chi connectivity index (χ1v) is 16.7. The molecular formula is C18H36N2OSn. The Kier molecular flexibility index (Phi) is 10.5. The predicted octanol–water partition coefficient (Wildman–Crippen LogP) is 4.59. The SMILES string of the molecule is CCC[CH2][Sn]([CH2]CCC)([CH2]CCC)[c]1cn(CCOC)cn1.